The number of aryl methyl sites for hydroxylation is 1. The van der Waals surface area contributed by atoms with E-state index in [0.29, 0.717) is 42.3 Å². The SMILES string of the molecule is CO[C@]1(c2cc(C#N)cc(-c3cn(C)c4cnc(CC(N)=O)cc34)n2)CCOC1.S. The molecule has 1 atom stereocenters. The number of rotatable bonds is 5. The summed E-state index contributed by atoms with van der Waals surface area (Å²) in [5.74, 6) is -0.440. The highest BCUT2D eigenvalue weighted by atomic mass is 32.1. The number of amides is 1. The van der Waals surface area contributed by atoms with E-state index in [-0.39, 0.29) is 19.9 Å². The van der Waals surface area contributed by atoms with Gasteiger partial charge in [-0.1, -0.05) is 0 Å². The minimum atomic E-state index is -0.662. The maximum absolute atomic E-state index is 11.3. The van der Waals surface area contributed by atoms with E-state index in [9.17, 15) is 10.1 Å². The average molecular weight is 426 g/mol. The number of aromatic nitrogens is 3. The lowest BCUT2D eigenvalue weighted by molar-refractivity contribution is -0.117. The standard InChI is InChI=1S/C21H21N5O3.H2S/c1-26-11-16(15-7-14(8-20(23)27)24-10-18(15)26)17-5-13(9-22)6-19(25-17)21(28-2)3-4-29-12-21;/h5-7,10-11H,3-4,8,12H2,1-2H3,(H2,23,27);1H2/t21-;/m1./s1. The number of carbonyl (C=O) groups is 1. The summed E-state index contributed by atoms with van der Waals surface area (Å²) in [6.45, 7) is 0.977. The number of nitrogens with two attached hydrogens (primary N) is 1. The van der Waals surface area contributed by atoms with Crippen LogP contribution in [0.15, 0.2) is 30.6 Å². The highest BCUT2D eigenvalue weighted by molar-refractivity contribution is 7.59. The van der Waals surface area contributed by atoms with Gasteiger partial charge in [-0.2, -0.15) is 18.8 Å². The van der Waals surface area contributed by atoms with Gasteiger partial charge in [-0.15, -0.1) is 0 Å². The maximum Gasteiger partial charge on any atom is 0.223 e. The zero-order chi connectivity index (χ0) is 20.6. The maximum atomic E-state index is 11.3. The van der Waals surface area contributed by atoms with E-state index in [4.69, 9.17) is 20.2 Å². The predicted octanol–water partition coefficient (Wildman–Crippen LogP) is 1.91. The molecule has 3 aromatic heterocycles. The van der Waals surface area contributed by atoms with Gasteiger partial charge in [0.1, 0.15) is 5.60 Å². The van der Waals surface area contributed by atoms with E-state index >= 15 is 0 Å². The van der Waals surface area contributed by atoms with Crippen molar-refractivity contribution in [2.75, 3.05) is 20.3 Å². The van der Waals surface area contributed by atoms with Crippen LogP contribution in [-0.4, -0.2) is 40.8 Å². The topological polar surface area (TPSA) is 116 Å². The molecule has 0 spiro atoms. The van der Waals surface area contributed by atoms with Crippen LogP contribution in [0.1, 0.15) is 23.4 Å². The Hall–Kier alpha value is -2.93. The summed E-state index contributed by atoms with van der Waals surface area (Å²) in [5.41, 5.74) is 8.82. The van der Waals surface area contributed by atoms with Crippen molar-refractivity contribution in [2.24, 2.45) is 12.8 Å². The number of hydrogen-bond donors (Lipinski definition) is 1. The summed E-state index contributed by atoms with van der Waals surface area (Å²) < 4.78 is 13.3. The van der Waals surface area contributed by atoms with E-state index in [1.165, 1.54) is 0 Å². The van der Waals surface area contributed by atoms with Crippen LogP contribution in [0.5, 0.6) is 0 Å². The van der Waals surface area contributed by atoms with Gasteiger partial charge in [-0.25, -0.2) is 4.98 Å². The van der Waals surface area contributed by atoms with Gasteiger partial charge in [-0.05, 0) is 18.2 Å². The lowest BCUT2D eigenvalue weighted by atomic mass is 9.95. The molecule has 4 heterocycles. The van der Waals surface area contributed by atoms with Crippen LogP contribution in [0.25, 0.3) is 22.2 Å². The van der Waals surface area contributed by atoms with Gasteiger partial charge in [0.25, 0.3) is 0 Å². The third-order valence-corrected chi connectivity index (χ3v) is 5.36. The van der Waals surface area contributed by atoms with Gasteiger partial charge in [0.2, 0.25) is 5.91 Å². The molecule has 1 aliphatic rings. The van der Waals surface area contributed by atoms with Crippen molar-refractivity contribution in [1.82, 2.24) is 14.5 Å². The molecule has 0 unspecified atom stereocenters. The molecule has 4 rings (SSSR count). The molecule has 0 radical (unpaired) electrons. The van der Waals surface area contributed by atoms with Crippen molar-refractivity contribution in [2.45, 2.75) is 18.4 Å². The Morgan fingerprint density at radius 1 is 1.43 bits per heavy atom. The average Bonchev–Trinajstić information content (AvgIpc) is 3.33. The molecule has 0 aromatic carbocycles. The van der Waals surface area contributed by atoms with Gasteiger partial charge < -0.3 is 19.8 Å². The summed E-state index contributed by atoms with van der Waals surface area (Å²) in [6, 6.07) is 7.58. The number of hydrogen-bond acceptors (Lipinski definition) is 6. The molecular formula is C21H23N5O3S. The van der Waals surface area contributed by atoms with E-state index in [0.717, 1.165) is 16.5 Å². The molecular weight excluding hydrogens is 402 g/mol. The number of carbonyl (C=O) groups excluding carboxylic acids is 1. The fourth-order valence-corrected chi connectivity index (χ4v) is 3.78. The number of nitriles is 1. The van der Waals surface area contributed by atoms with Crippen LogP contribution in [0.3, 0.4) is 0 Å². The van der Waals surface area contributed by atoms with Crippen molar-refractivity contribution in [3.63, 3.8) is 0 Å². The van der Waals surface area contributed by atoms with Crippen LogP contribution in [0, 0.1) is 11.3 Å². The van der Waals surface area contributed by atoms with Gasteiger partial charge >= 0.3 is 0 Å². The van der Waals surface area contributed by atoms with Crippen LogP contribution >= 0.6 is 13.5 Å². The molecule has 0 saturated carbocycles. The summed E-state index contributed by atoms with van der Waals surface area (Å²) in [5, 5.41) is 10.5. The molecule has 3 aromatic rings. The minimum Gasteiger partial charge on any atom is -0.378 e. The fraction of sp³-hybridized carbons (Fsp3) is 0.333. The first-order valence-corrected chi connectivity index (χ1v) is 9.24. The largest absolute Gasteiger partial charge is 0.378 e. The Kier molecular flexibility index (Phi) is 6.12. The Morgan fingerprint density at radius 3 is 2.87 bits per heavy atom. The first-order chi connectivity index (χ1) is 14.0. The number of ether oxygens (including phenoxy) is 2. The molecule has 1 fully saturated rings. The quantitative estimate of drug-likeness (QED) is 0.667. The predicted molar refractivity (Wildman–Crippen MR) is 116 cm³/mol. The molecule has 1 saturated heterocycles. The summed E-state index contributed by atoms with van der Waals surface area (Å²) in [7, 11) is 3.55. The van der Waals surface area contributed by atoms with Crippen molar-refractivity contribution in [3.8, 4) is 17.3 Å². The van der Waals surface area contributed by atoms with Gasteiger partial charge in [0, 0.05) is 44.3 Å². The number of primary amides is 1. The van der Waals surface area contributed by atoms with Crippen molar-refractivity contribution in [1.29, 1.82) is 5.26 Å². The molecule has 0 aliphatic carbocycles. The highest BCUT2D eigenvalue weighted by Crippen LogP contribution is 2.36. The normalized spacial score (nSPS) is 18.2. The van der Waals surface area contributed by atoms with Gasteiger partial charge in [0.05, 0.1) is 53.5 Å². The lowest BCUT2D eigenvalue weighted by Gasteiger charge is -2.25. The van der Waals surface area contributed by atoms with Crippen molar-refractivity contribution < 1.29 is 14.3 Å². The number of nitrogens with zero attached hydrogens (tertiary/aromatic N) is 4. The fourth-order valence-electron chi connectivity index (χ4n) is 3.78. The van der Waals surface area contributed by atoms with Gasteiger partial charge in [0.15, 0.2) is 0 Å². The van der Waals surface area contributed by atoms with E-state index < -0.39 is 11.5 Å². The summed E-state index contributed by atoms with van der Waals surface area (Å²) >= 11 is 0. The lowest BCUT2D eigenvalue weighted by Crippen LogP contribution is -2.30. The molecule has 0 bridgehead atoms. The number of pyridine rings is 2. The second-order valence-corrected chi connectivity index (χ2v) is 7.23. The molecule has 1 aliphatic heterocycles. The Morgan fingerprint density at radius 2 is 2.23 bits per heavy atom. The number of methoxy groups -OCH3 is 1. The highest BCUT2D eigenvalue weighted by Gasteiger charge is 2.39. The van der Waals surface area contributed by atoms with Crippen LogP contribution in [0.2, 0.25) is 0 Å². The van der Waals surface area contributed by atoms with Crippen LogP contribution in [0.4, 0.5) is 0 Å². The van der Waals surface area contributed by atoms with Gasteiger partial charge in [-0.3, -0.25) is 9.78 Å². The minimum absolute atomic E-state index is 0. The Bertz CT molecular complexity index is 1150. The van der Waals surface area contributed by atoms with Crippen LogP contribution in [-0.2, 0) is 33.3 Å². The summed E-state index contributed by atoms with van der Waals surface area (Å²) in [4.78, 5) is 20.5. The number of fused-ring (bicyclic) bond motifs is 1. The first-order valence-electron chi connectivity index (χ1n) is 9.24. The molecule has 156 valence electrons. The van der Waals surface area contributed by atoms with Crippen molar-refractivity contribution >= 4 is 30.3 Å². The van der Waals surface area contributed by atoms with E-state index in [1.807, 2.05) is 23.9 Å². The molecule has 9 heteroatoms. The zero-order valence-corrected chi connectivity index (χ0v) is 17.8. The first kappa shape index (κ1) is 21.8. The van der Waals surface area contributed by atoms with Crippen LogP contribution < -0.4 is 5.73 Å². The second kappa shape index (κ2) is 8.44. The zero-order valence-electron chi connectivity index (χ0n) is 16.8. The molecule has 8 nitrogen and oxygen atoms in total. The Labute approximate surface area is 181 Å². The Balaban J connectivity index is 0.00000256. The van der Waals surface area contributed by atoms with Crippen molar-refractivity contribution in [3.05, 3.63) is 47.5 Å². The summed E-state index contributed by atoms with van der Waals surface area (Å²) in [6.07, 6.45) is 4.39. The molecule has 1 amide bonds. The monoisotopic (exact) mass is 425 g/mol. The third-order valence-electron chi connectivity index (χ3n) is 5.36. The van der Waals surface area contributed by atoms with E-state index in [1.54, 1.807) is 25.4 Å². The second-order valence-electron chi connectivity index (χ2n) is 7.23. The molecule has 30 heavy (non-hydrogen) atoms. The molecule has 2 N–H and O–H groups in total. The van der Waals surface area contributed by atoms with E-state index in [2.05, 4.69) is 11.1 Å². The smallest absolute Gasteiger partial charge is 0.223 e. The third kappa shape index (κ3) is 3.77.